The molecule has 5 nitrogen and oxygen atoms in total. The van der Waals surface area contributed by atoms with Gasteiger partial charge in [-0.05, 0) is 44.0 Å². The second kappa shape index (κ2) is 6.59. The summed E-state index contributed by atoms with van der Waals surface area (Å²) in [6.07, 6.45) is 3.38. The van der Waals surface area contributed by atoms with Gasteiger partial charge in [0.1, 0.15) is 11.6 Å². The molecule has 0 spiro atoms. The Morgan fingerprint density at radius 1 is 1.16 bits per heavy atom. The summed E-state index contributed by atoms with van der Waals surface area (Å²) in [5.41, 5.74) is 1.64. The SMILES string of the molecule is Cc1occc1C(=O)NC1CCN(c2ccc3ccccc3n2)CC1. The molecule has 0 atom stereocenters. The lowest BCUT2D eigenvalue weighted by atomic mass is 10.0. The summed E-state index contributed by atoms with van der Waals surface area (Å²) >= 11 is 0. The zero-order valence-corrected chi connectivity index (χ0v) is 14.2. The normalized spacial score (nSPS) is 15.5. The monoisotopic (exact) mass is 335 g/mol. The van der Waals surface area contributed by atoms with E-state index >= 15 is 0 Å². The number of para-hydroxylation sites is 1. The van der Waals surface area contributed by atoms with Crippen LogP contribution in [-0.4, -0.2) is 30.0 Å². The van der Waals surface area contributed by atoms with E-state index in [0.717, 1.165) is 42.7 Å². The Labute approximate surface area is 146 Å². The van der Waals surface area contributed by atoms with Crippen molar-refractivity contribution in [2.45, 2.75) is 25.8 Å². The summed E-state index contributed by atoms with van der Waals surface area (Å²) in [4.78, 5) is 19.3. The molecule has 0 saturated carbocycles. The Balaban J connectivity index is 1.39. The van der Waals surface area contributed by atoms with Gasteiger partial charge in [-0.15, -0.1) is 0 Å². The number of furan rings is 1. The van der Waals surface area contributed by atoms with Gasteiger partial charge in [0.2, 0.25) is 0 Å². The molecule has 0 bridgehead atoms. The molecule has 0 unspecified atom stereocenters. The summed E-state index contributed by atoms with van der Waals surface area (Å²) in [5, 5.41) is 4.27. The van der Waals surface area contributed by atoms with Crippen molar-refractivity contribution in [2.75, 3.05) is 18.0 Å². The molecule has 0 radical (unpaired) electrons. The third-order valence-electron chi connectivity index (χ3n) is 4.84. The molecule has 5 heteroatoms. The van der Waals surface area contributed by atoms with Crippen molar-refractivity contribution in [1.82, 2.24) is 10.3 Å². The molecule has 1 saturated heterocycles. The predicted octanol–water partition coefficient (Wildman–Crippen LogP) is 3.54. The van der Waals surface area contributed by atoms with E-state index < -0.39 is 0 Å². The van der Waals surface area contributed by atoms with Crippen molar-refractivity contribution in [3.05, 3.63) is 60.1 Å². The fraction of sp³-hybridized carbons (Fsp3) is 0.300. The van der Waals surface area contributed by atoms with Crippen molar-refractivity contribution < 1.29 is 9.21 Å². The number of amides is 1. The minimum absolute atomic E-state index is 0.0477. The molecule has 1 aliphatic rings. The average molecular weight is 335 g/mol. The van der Waals surface area contributed by atoms with Gasteiger partial charge in [0.05, 0.1) is 17.3 Å². The van der Waals surface area contributed by atoms with Crippen LogP contribution < -0.4 is 10.2 Å². The van der Waals surface area contributed by atoms with Crippen LogP contribution in [0.5, 0.6) is 0 Å². The fourth-order valence-corrected chi connectivity index (χ4v) is 3.37. The summed E-state index contributed by atoms with van der Waals surface area (Å²) in [6, 6.07) is 14.3. The van der Waals surface area contributed by atoms with Crippen LogP contribution in [-0.2, 0) is 0 Å². The van der Waals surface area contributed by atoms with Gasteiger partial charge in [0, 0.05) is 24.5 Å². The molecule has 1 aromatic carbocycles. The van der Waals surface area contributed by atoms with Crippen LogP contribution in [0.15, 0.2) is 53.1 Å². The zero-order valence-electron chi connectivity index (χ0n) is 14.2. The van der Waals surface area contributed by atoms with E-state index in [1.165, 1.54) is 0 Å². The van der Waals surface area contributed by atoms with Gasteiger partial charge >= 0.3 is 0 Å². The van der Waals surface area contributed by atoms with Gasteiger partial charge in [-0.3, -0.25) is 4.79 Å². The Morgan fingerprint density at radius 2 is 1.96 bits per heavy atom. The van der Waals surface area contributed by atoms with Gasteiger partial charge in [-0.25, -0.2) is 4.98 Å². The molecule has 3 aromatic rings. The number of hydrogen-bond donors (Lipinski definition) is 1. The topological polar surface area (TPSA) is 58.4 Å². The quantitative estimate of drug-likeness (QED) is 0.795. The summed E-state index contributed by atoms with van der Waals surface area (Å²) in [5.74, 6) is 1.62. The molecular formula is C20H21N3O2. The molecule has 1 N–H and O–H groups in total. The number of anilines is 1. The lowest BCUT2D eigenvalue weighted by molar-refractivity contribution is 0.0929. The molecule has 25 heavy (non-hydrogen) atoms. The molecule has 2 aromatic heterocycles. The Hall–Kier alpha value is -2.82. The lowest BCUT2D eigenvalue weighted by Gasteiger charge is -2.33. The number of rotatable bonds is 3. The van der Waals surface area contributed by atoms with Crippen molar-refractivity contribution >= 4 is 22.6 Å². The first-order valence-corrected chi connectivity index (χ1v) is 8.66. The molecule has 1 aliphatic heterocycles. The van der Waals surface area contributed by atoms with E-state index in [2.05, 4.69) is 28.4 Å². The first-order valence-electron chi connectivity index (χ1n) is 8.66. The molecule has 4 rings (SSSR count). The Morgan fingerprint density at radius 3 is 2.72 bits per heavy atom. The smallest absolute Gasteiger partial charge is 0.255 e. The molecule has 128 valence electrons. The van der Waals surface area contributed by atoms with E-state index in [9.17, 15) is 4.79 Å². The highest BCUT2D eigenvalue weighted by molar-refractivity contribution is 5.95. The highest BCUT2D eigenvalue weighted by atomic mass is 16.3. The zero-order chi connectivity index (χ0) is 17.2. The number of piperidine rings is 1. The van der Waals surface area contributed by atoms with Gasteiger partial charge in [0.15, 0.2) is 0 Å². The maximum absolute atomic E-state index is 12.3. The number of carbonyl (C=O) groups is 1. The standard InChI is InChI=1S/C20H21N3O2/c1-14-17(10-13-25-14)20(24)21-16-8-11-23(12-9-16)19-7-6-15-4-2-3-5-18(15)22-19/h2-7,10,13,16H,8-9,11-12H2,1H3,(H,21,24). The van der Waals surface area contributed by atoms with Crippen LogP contribution in [0.1, 0.15) is 29.0 Å². The molecule has 1 fully saturated rings. The predicted molar refractivity (Wildman–Crippen MR) is 97.9 cm³/mol. The lowest BCUT2D eigenvalue weighted by Crippen LogP contribution is -2.45. The average Bonchev–Trinajstić information content (AvgIpc) is 3.08. The van der Waals surface area contributed by atoms with Crippen molar-refractivity contribution in [2.24, 2.45) is 0 Å². The Kier molecular flexibility index (Phi) is 4.14. The number of nitrogens with zero attached hydrogens (tertiary/aromatic N) is 2. The van der Waals surface area contributed by atoms with Gasteiger partial charge in [0.25, 0.3) is 5.91 Å². The number of benzene rings is 1. The first kappa shape index (κ1) is 15.7. The van der Waals surface area contributed by atoms with Crippen LogP contribution in [0.4, 0.5) is 5.82 Å². The van der Waals surface area contributed by atoms with Crippen LogP contribution in [0.3, 0.4) is 0 Å². The number of hydrogen-bond acceptors (Lipinski definition) is 4. The summed E-state index contributed by atoms with van der Waals surface area (Å²) in [7, 11) is 0. The fourth-order valence-electron chi connectivity index (χ4n) is 3.37. The number of aromatic nitrogens is 1. The maximum atomic E-state index is 12.3. The van der Waals surface area contributed by atoms with Crippen LogP contribution in [0, 0.1) is 6.92 Å². The highest BCUT2D eigenvalue weighted by Crippen LogP contribution is 2.22. The van der Waals surface area contributed by atoms with Crippen molar-refractivity contribution in [1.29, 1.82) is 0 Å². The number of pyridine rings is 1. The number of nitrogens with one attached hydrogen (secondary N) is 1. The maximum Gasteiger partial charge on any atom is 0.255 e. The van der Waals surface area contributed by atoms with Gasteiger partial charge in [-0.1, -0.05) is 18.2 Å². The largest absolute Gasteiger partial charge is 0.469 e. The van der Waals surface area contributed by atoms with Crippen LogP contribution in [0.2, 0.25) is 0 Å². The van der Waals surface area contributed by atoms with Crippen LogP contribution >= 0.6 is 0 Å². The minimum Gasteiger partial charge on any atom is -0.469 e. The van der Waals surface area contributed by atoms with Crippen molar-refractivity contribution in [3.8, 4) is 0 Å². The highest BCUT2D eigenvalue weighted by Gasteiger charge is 2.23. The third-order valence-corrected chi connectivity index (χ3v) is 4.84. The second-order valence-electron chi connectivity index (χ2n) is 6.49. The second-order valence-corrected chi connectivity index (χ2v) is 6.49. The molecule has 0 aliphatic carbocycles. The summed E-state index contributed by atoms with van der Waals surface area (Å²) < 4.78 is 5.21. The number of carbonyl (C=O) groups excluding carboxylic acids is 1. The van der Waals surface area contributed by atoms with E-state index in [0.29, 0.717) is 11.3 Å². The first-order chi connectivity index (χ1) is 12.2. The van der Waals surface area contributed by atoms with Gasteiger partial charge < -0.3 is 14.6 Å². The van der Waals surface area contributed by atoms with E-state index in [4.69, 9.17) is 9.40 Å². The Bertz CT molecular complexity index is 895. The number of aryl methyl sites for hydroxylation is 1. The summed E-state index contributed by atoms with van der Waals surface area (Å²) in [6.45, 7) is 3.59. The van der Waals surface area contributed by atoms with E-state index in [-0.39, 0.29) is 11.9 Å². The third kappa shape index (κ3) is 3.22. The van der Waals surface area contributed by atoms with E-state index in [1.54, 1.807) is 12.3 Å². The van der Waals surface area contributed by atoms with Crippen molar-refractivity contribution in [3.63, 3.8) is 0 Å². The van der Waals surface area contributed by atoms with Gasteiger partial charge in [-0.2, -0.15) is 0 Å². The molecule has 1 amide bonds. The minimum atomic E-state index is -0.0477. The molecule has 3 heterocycles. The number of fused-ring (bicyclic) bond motifs is 1. The molecular weight excluding hydrogens is 314 g/mol. The van der Waals surface area contributed by atoms with E-state index in [1.807, 2.05) is 25.1 Å². The van der Waals surface area contributed by atoms with Crippen LogP contribution in [0.25, 0.3) is 10.9 Å².